The first-order valence-electron chi connectivity index (χ1n) is 10.3. The molecule has 3 aromatic rings. The van der Waals surface area contributed by atoms with E-state index in [4.69, 9.17) is 0 Å². The molecule has 0 bridgehead atoms. The molecule has 5 nitrogen and oxygen atoms in total. The molecule has 0 aliphatic carbocycles. The summed E-state index contributed by atoms with van der Waals surface area (Å²) < 4.78 is 0. The molecule has 0 saturated carbocycles. The molecule has 28 heavy (non-hydrogen) atoms. The van der Waals surface area contributed by atoms with Crippen LogP contribution in [0.3, 0.4) is 0 Å². The van der Waals surface area contributed by atoms with E-state index in [1.807, 2.05) is 23.1 Å². The van der Waals surface area contributed by atoms with Crippen molar-refractivity contribution in [1.82, 2.24) is 20.0 Å². The lowest BCUT2D eigenvalue weighted by Crippen LogP contribution is -2.53. The summed E-state index contributed by atoms with van der Waals surface area (Å²) in [5, 5.41) is 7.97. The number of nitrogens with one attached hydrogen (secondary N) is 1. The molecule has 1 amide bonds. The van der Waals surface area contributed by atoms with Gasteiger partial charge in [0.25, 0.3) is 5.91 Å². The standard InChI is InChI=1S/C23H26N4O/c28-22(19-9-6-10-21-20(19)17-24-25-21)26-15-11-23(12-16-26,27-13-4-5-14-27)18-7-2-1-3-8-18/h1-3,6-10,17H,4-5,11-16H2,(H,24,25). The Labute approximate surface area is 165 Å². The molecule has 2 fully saturated rings. The van der Waals surface area contributed by atoms with Crippen LogP contribution < -0.4 is 0 Å². The molecule has 0 atom stereocenters. The molecule has 144 valence electrons. The molecular weight excluding hydrogens is 348 g/mol. The van der Waals surface area contributed by atoms with Crippen molar-refractivity contribution in [1.29, 1.82) is 0 Å². The number of piperidine rings is 1. The Hall–Kier alpha value is -2.66. The number of nitrogens with zero attached hydrogens (tertiary/aromatic N) is 3. The van der Waals surface area contributed by atoms with Gasteiger partial charge in [-0.05, 0) is 56.5 Å². The highest BCUT2D eigenvalue weighted by Crippen LogP contribution is 2.41. The minimum absolute atomic E-state index is 0.0657. The van der Waals surface area contributed by atoms with Gasteiger partial charge in [-0.3, -0.25) is 14.8 Å². The number of hydrogen-bond donors (Lipinski definition) is 1. The zero-order valence-corrected chi connectivity index (χ0v) is 16.1. The zero-order valence-electron chi connectivity index (χ0n) is 16.1. The summed E-state index contributed by atoms with van der Waals surface area (Å²) in [5.41, 5.74) is 3.13. The number of aromatic amines is 1. The monoisotopic (exact) mass is 374 g/mol. The van der Waals surface area contributed by atoms with Crippen molar-refractivity contribution in [2.75, 3.05) is 26.2 Å². The molecule has 3 heterocycles. The number of carbonyl (C=O) groups is 1. The summed E-state index contributed by atoms with van der Waals surface area (Å²) in [4.78, 5) is 17.9. The number of amides is 1. The zero-order chi connectivity index (χ0) is 19.0. The number of carbonyl (C=O) groups excluding carboxylic acids is 1. The third-order valence-electron chi connectivity index (χ3n) is 6.62. The highest BCUT2D eigenvalue weighted by atomic mass is 16.2. The molecule has 0 spiro atoms. The van der Waals surface area contributed by atoms with Gasteiger partial charge in [0.05, 0.1) is 17.3 Å². The summed E-state index contributed by atoms with van der Waals surface area (Å²) in [6.45, 7) is 3.91. The van der Waals surface area contributed by atoms with Gasteiger partial charge in [0.15, 0.2) is 0 Å². The van der Waals surface area contributed by atoms with E-state index in [0.29, 0.717) is 0 Å². The van der Waals surface area contributed by atoms with Crippen LogP contribution in [0, 0.1) is 0 Å². The Balaban J connectivity index is 1.41. The molecule has 1 N–H and O–H groups in total. The third kappa shape index (κ3) is 2.81. The van der Waals surface area contributed by atoms with Crippen LogP contribution in [0.15, 0.2) is 54.7 Å². The minimum Gasteiger partial charge on any atom is -0.338 e. The average molecular weight is 374 g/mol. The van der Waals surface area contributed by atoms with Gasteiger partial charge >= 0.3 is 0 Å². The van der Waals surface area contributed by atoms with Crippen molar-refractivity contribution in [3.63, 3.8) is 0 Å². The lowest BCUT2D eigenvalue weighted by molar-refractivity contribution is 0.0296. The van der Waals surface area contributed by atoms with E-state index in [0.717, 1.165) is 55.5 Å². The van der Waals surface area contributed by atoms with E-state index < -0.39 is 0 Å². The van der Waals surface area contributed by atoms with Gasteiger partial charge in [-0.1, -0.05) is 36.4 Å². The number of H-pyrrole nitrogens is 1. The lowest BCUT2D eigenvalue weighted by atomic mass is 9.79. The first kappa shape index (κ1) is 17.4. The van der Waals surface area contributed by atoms with Crippen LogP contribution in [0.1, 0.15) is 41.6 Å². The number of benzene rings is 2. The van der Waals surface area contributed by atoms with E-state index >= 15 is 0 Å². The summed E-state index contributed by atoms with van der Waals surface area (Å²) in [5.74, 6) is 0.120. The molecule has 2 aliphatic rings. The van der Waals surface area contributed by atoms with Crippen molar-refractivity contribution < 1.29 is 4.79 Å². The fraction of sp³-hybridized carbons (Fsp3) is 0.391. The van der Waals surface area contributed by atoms with Crippen LogP contribution >= 0.6 is 0 Å². The number of rotatable bonds is 3. The molecule has 5 heteroatoms. The van der Waals surface area contributed by atoms with Crippen LogP contribution in [-0.2, 0) is 5.54 Å². The van der Waals surface area contributed by atoms with E-state index in [-0.39, 0.29) is 11.4 Å². The van der Waals surface area contributed by atoms with Gasteiger partial charge in [0.2, 0.25) is 0 Å². The van der Waals surface area contributed by atoms with Crippen molar-refractivity contribution in [2.45, 2.75) is 31.2 Å². The van der Waals surface area contributed by atoms with Crippen molar-refractivity contribution in [3.8, 4) is 0 Å². The van der Waals surface area contributed by atoms with Crippen LogP contribution in [-0.4, -0.2) is 52.1 Å². The van der Waals surface area contributed by atoms with Gasteiger partial charge in [0, 0.05) is 24.0 Å². The highest BCUT2D eigenvalue weighted by molar-refractivity contribution is 6.06. The van der Waals surface area contributed by atoms with E-state index in [1.54, 1.807) is 6.20 Å². The summed E-state index contributed by atoms with van der Waals surface area (Å²) in [6, 6.07) is 16.7. The first-order valence-corrected chi connectivity index (χ1v) is 10.3. The summed E-state index contributed by atoms with van der Waals surface area (Å²) >= 11 is 0. The topological polar surface area (TPSA) is 52.2 Å². The normalized spacial score (nSPS) is 19.9. The number of fused-ring (bicyclic) bond motifs is 1. The molecular formula is C23H26N4O. The lowest BCUT2D eigenvalue weighted by Gasteiger charge is -2.48. The Morgan fingerprint density at radius 1 is 0.929 bits per heavy atom. The van der Waals surface area contributed by atoms with Gasteiger partial charge in [-0.15, -0.1) is 0 Å². The molecule has 0 unspecified atom stereocenters. The molecule has 2 aromatic carbocycles. The van der Waals surface area contributed by atoms with Crippen LogP contribution in [0.4, 0.5) is 0 Å². The van der Waals surface area contributed by atoms with Crippen molar-refractivity contribution in [2.24, 2.45) is 0 Å². The summed E-state index contributed by atoms with van der Waals surface area (Å²) in [6.07, 6.45) is 6.29. The Bertz CT molecular complexity index is 966. The maximum Gasteiger partial charge on any atom is 0.254 e. The average Bonchev–Trinajstić information content (AvgIpc) is 3.46. The quantitative estimate of drug-likeness (QED) is 0.759. The molecule has 1 aromatic heterocycles. The predicted molar refractivity (Wildman–Crippen MR) is 110 cm³/mol. The second kappa shape index (κ2) is 7.06. The minimum atomic E-state index is 0.0657. The SMILES string of the molecule is O=C(c1cccc2[nH]ncc12)N1CCC(c2ccccc2)(N2CCCC2)CC1. The summed E-state index contributed by atoms with van der Waals surface area (Å²) in [7, 11) is 0. The van der Waals surface area contributed by atoms with Gasteiger partial charge in [-0.2, -0.15) is 5.10 Å². The molecule has 2 aliphatic heterocycles. The van der Waals surface area contributed by atoms with Crippen molar-refractivity contribution in [3.05, 3.63) is 65.9 Å². The second-order valence-corrected chi connectivity index (χ2v) is 8.02. The van der Waals surface area contributed by atoms with Gasteiger partial charge in [0.1, 0.15) is 0 Å². The Morgan fingerprint density at radius 2 is 1.68 bits per heavy atom. The number of aromatic nitrogens is 2. The number of likely N-dealkylation sites (tertiary alicyclic amines) is 2. The van der Waals surface area contributed by atoms with Crippen LogP contribution in [0.25, 0.3) is 10.9 Å². The Kier molecular flexibility index (Phi) is 4.40. The van der Waals surface area contributed by atoms with Crippen LogP contribution in [0.5, 0.6) is 0 Å². The maximum atomic E-state index is 13.3. The maximum absolute atomic E-state index is 13.3. The van der Waals surface area contributed by atoms with Gasteiger partial charge in [-0.25, -0.2) is 0 Å². The molecule has 5 rings (SSSR count). The number of hydrogen-bond acceptors (Lipinski definition) is 3. The molecule has 2 saturated heterocycles. The van der Waals surface area contributed by atoms with Crippen LogP contribution in [0.2, 0.25) is 0 Å². The fourth-order valence-corrected chi connectivity index (χ4v) is 5.09. The largest absolute Gasteiger partial charge is 0.338 e. The Morgan fingerprint density at radius 3 is 2.43 bits per heavy atom. The second-order valence-electron chi connectivity index (χ2n) is 8.02. The van der Waals surface area contributed by atoms with E-state index in [1.165, 1.54) is 18.4 Å². The fourth-order valence-electron chi connectivity index (χ4n) is 5.09. The van der Waals surface area contributed by atoms with Crippen molar-refractivity contribution >= 4 is 16.8 Å². The van der Waals surface area contributed by atoms with E-state index in [2.05, 4.69) is 45.4 Å². The highest BCUT2D eigenvalue weighted by Gasteiger charge is 2.43. The first-order chi connectivity index (χ1) is 13.8. The molecule has 0 radical (unpaired) electrons. The van der Waals surface area contributed by atoms with E-state index in [9.17, 15) is 4.79 Å². The van der Waals surface area contributed by atoms with Gasteiger partial charge < -0.3 is 4.90 Å². The smallest absolute Gasteiger partial charge is 0.254 e. The third-order valence-corrected chi connectivity index (χ3v) is 6.62. The predicted octanol–water partition coefficient (Wildman–Crippen LogP) is 3.79.